The number of nitrogens with zero attached hydrogens (tertiary/aromatic N) is 2. The molecule has 0 unspecified atom stereocenters. The van der Waals surface area contributed by atoms with Gasteiger partial charge in [0.05, 0.1) is 11.9 Å². The predicted octanol–water partition coefficient (Wildman–Crippen LogP) is 1.04. The Morgan fingerprint density at radius 2 is 2.60 bits per heavy atom. The van der Waals surface area contributed by atoms with Crippen molar-refractivity contribution in [2.45, 2.75) is 13.0 Å². The van der Waals surface area contributed by atoms with E-state index in [0.717, 1.165) is 13.0 Å². The Kier molecular flexibility index (Phi) is 2.10. The molecule has 1 rings (SSSR count). The van der Waals surface area contributed by atoms with Crippen molar-refractivity contribution in [3.63, 3.8) is 0 Å². The van der Waals surface area contributed by atoms with Crippen LogP contribution in [0.1, 0.15) is 6.42 Å². The van der Waals surface area contributed by atoms with Gasteiger partial charge in [-0.2, -0.15) is 5.10 Å². The smallest absolute Gasteiger partial charge is 0.0719 e. The van der Waals surface area contributed by atoms with Crippen LogP contribution >= 0.6 is 0 Å². The molecule has 3 heteroatoms. The van der Waals surface area contributed by atoms with Crippen LogP contribution in [0.3, 0.4) is 0 Å². The van der Waals surface area contributed by atoms with Gasteiger partial charge in [0.15, 0.2) is 0 Å². The first-order valence-corrected chi connectivity index (χ1v) is 3.22. The predicted molar refractivity (Wildman–Crippen MR) is 41.5 cm³/mol. The van der Waals surface area contributed by atoms with Crippen LogP contribution < -0.4 is 5.73 Å². The first-order valence-electron chi connectivity index (χ1n) is 3.22. The highest BCUT2D eigenvalue weighted by Gasteiger charge is 1.90. The third kappa shape index (κ3) is 1.62. The van der Waals surface area contributed by atoms with E-state index in [-0.39, 0.29) is 0 Å². The Morgan fingerprint density at radius 3 is 3.10 bits per heavy atom. The zero-order valence-electron chi connectivity index (χ0n) is 5.83. The molecule has 0 aliphatic rings. The number of nitrogen functional groups attached to an aromatic ring is 1. The molecule has 10 heavy (non-hydrogen) atoms. The maximum Gasteiger partial charge on any atom is 0.0719 e. The summed E-state index contributed by atoms with van der Waals surface area (Å²) >= 11 is 0. The van der Waals surface area contributed by atoms with Crippen molar-refractivity contribution in [1.82, 2.24) is 9.78 Å². The third-order valence-electron chi connectivity index (χ3n) is 1.22. The molecule has 54 valence electrons. The molecule has 0 aliphatic heterocycles. The molecule has 0 saturated heterocycles. The summed E-state index contributed by atoms with van der Waals surface area (Å²) in [5.74, 6) is 0. The zero-order chi connectivity index (χ0) is 7.40. The van der Waals surface area contributed by atoms with Gasteiger partial charge in [-0.25, -0.2) is 0 Å². The summed E-state index contributed by atoms with van der Waals surface area (Å²) in [5, 5.41) is 4.00. The van der Waals surface area contributed by atoms with Crippen LogP contribution in [0.4, 0.5) is 5.69 Å². The van der Waals surface area contributed by atoms with Crippen LogP contribution in [-0.2, 0) is 6.54 Å². The van der Waals surface area contributed by atoms with Crippen LogP contribution in [0.5, 0.6) is 0 Å². The summed E-state index contributed by atoms with van der Waals surface area (Å²) in [4.78, 5) is 0. The van der Waals surface area contributed by atoms with Crippen molar-refractivity contribution < 1.29 is 0 Å². The molecule has 1 aromatic rings. The molecule has 0 aromatic carbocycles. The average molecular weight is 137 g/mol. The van der Waals surface area contributed by atoms with Gasteiger partial charge in [-0.05, 0) is 6.42 Å². The maximum absolute atomic E-state index is 5.44. The van der Waals surface area contributed by atoms with E-state index < -0.39 is 0 Å². The van der Waals surface area contributed by atoms with E-state index in [1.807, 2.05) is 12.3 Å². The summed E-state index contributed by atoms with van der Waals surface area (Å²) < 4.78 is 1.80. The molecular formula is C7H11N3. The first-order chi connectivity index (χ1) is 4.83. The number of nitrogens with two attached hydrogens (primary N) is 1. The van der Waals surface area contributed by atoms with E-state index in [0.29, 0.717) is 5.69 Å². The van der Waals surface area contributed by atoms with E-state index in [4.69, 9.17) is 5.73 Å². The molecule has 2 N–H and O–H groups in total. The second-order valence-corrected chi connectivity index (χ2v) is 2.11. The number of hydrogen-bond acceptors (Lipinski definition) is 2. The second-order valence-electron chi connectivity index (χ2n) is 2.11. The summed E-state index contributed by atoms with van der Waals surface area (Å²) in [7, 11) is 0. The third-order valence-corrected chi connectivity index (χ3v) is 1.22. The molecule has 0 aliphatic carbocycles. The normalized spacial score (nSPS) is 9.60. The molecule has 0 saturated carbocycles. The van der Waals surface area contributed by atoms with Gasteiger partial charge in [0, 0.05) is 12.7 Å². The molecule has 3 nitrogen and oxygen atoms in total. The highest BCUT2D eigenvalue weighted by atomic mass is 15.3. The Balaban J connectivity index is 2.49. The molecular weight excluding hydrogens is 126 g/mol. The Morgan fingerprint density at radius 1 is 1.80 bits per heavy atom. The van der Waals surface area contributed by atoms with Gasteiger partial charge in [0.2, 0.25) is 0 Å². The molecule has 0 fully saturated rings. The fraction of sp³-hybridized carbons (Fsp3) is 0.286. The maximum atomic E-state index is 5.44. The van der Waals surface area contributed by atoms with E-state index >= 15 is 0 Å². The van der Waals surface area contributed by atoms with E-state index in [9.17, 15) is 0 Å². The SMILES string of the molecule is C=CCCn1cc(N)cn1. The van der Waals surface area contributed by atoms with E-state index in [1.54, 1.807) is 10.9 Å². The zero-order valence-corrected chi connectivity index (χ0v) is 5.83. The summed E-state index contributed by atoms with van der Waals surface area (Å²) in [6.45, 7) is 4.47. The Hall–Kier alpha value is -1.25. The van der Waals surface area contributed by atoms with Gasteiger partial charge in [0.1, 0.15) is 0 Å². The monoisotopic (exact) mass is 137 g/mol. The molecule has 0 amide bonds. The number of aromatic nitrogens is 2. The summed E-state index contributed by atoms with van der Waals surface area (Å²) in [5.41, 5.74) is 6.15. The van der Waals surface area contributed by atoms with Crippen molar-refractivity contribution in [3.8, 4) is 0 Å². The minimum Gasteiger partial charge on any atom is -0.396 e. The Labute approximate surface area is 60.1 Å². The van der Waals surface area contributed by atoms with Gasteiger partial charge in [-0.15, -0.1) is 6.58 Å². The van der Waals surface area contributed by atoms with Crippen LogP contribution in [0, 0.1) is 0 Å². The molecule has 1 aromatic heterocycles. The van der Waals surface area contributed by atoms with Crippen molar-refractivity contribution in [2.75, 3.05) is 5.73 Å². The van der Waals surface area contributed by atoms with Gasteiger partial charge in [0.25, 0.3) is 0 Å². The highest BCUT2D eigenvalue weighted by Crippen LogP contribution is 1.98. The largest absolute Gasteiger partial charge is 0.396 e. The van der Waals surface area contributed by atoms with Crippen molar-refractivity contribution in [2.24, 2.45) is 0 Å². The van der Waals surface area contributed by atoms with Crippen molar-refractivity contribution >= 4 is 5.69 Å². The van der Waals surface area contributed by atoms with Gasteiger partial charge in [-0.3, -0.25) is 4.68 Å². The molecule has 0 atom stereocenters. The topological polar surface area (TPSA) is 43.8 Å². The van der Waals surface area contributed by atoms with E-state index in [1.165, 1.54) is 0 Å². The molecule has 0 spiro atoms. The van der Waals surface area contributed by atoms with Crippen molar-refractivity contribution in [3.05, 3.63) is 25.0 Å². The fourth-order valence-corrected chi connectivity index (χ4v) is 0.725. The van der Waals surface area contributed by atoms with Crippen LogP contribution in [0.15, 0.2) is 25.0 Å². The lowest BCUT2D eigenvalue weighted by Crippen LogP contribution is -1.96. The quantitative estimate of drug-likeness (QED) is 0.632. The highest BCUT2D eigenvalue weighted by molar-refractivity contribution is 5.30. The second kappa shape index (κ2) is 3.06. The summed E-state index contributed by atoms with van der Waals surface area (Å²) in [6, 6.07) is 0. The standard InChI is InChI=1S/C7H11N3/c1-2-3-4-10-6-7(8)5-9-10/h2,5-6H,1,3-4,8H2. The lowest BCUT2D eigenvalue weighted by Gasteiger charge is -1.94. The minimum absolute atomic E-state index is 0.712. The first kappa shape index (κ1) is 6.86. The molecule has 1 heterocycles. The summed E-state index contributed by atoms with van der Waals surface area (Å²) in [6.07, 6.45) is 6.24. The Bertz CT molecular complexity index is 214. The van der Waals surface area contributed by atoms with Crippen LogP contribution in [-0.4, -0.2) is 9.78 Å². The van der Waals surface area contributed by atoms with Gasteiger partial charge >= 0.3 is 0 Å². The van der Waals surface area contributed by atoms with Crippen LogP contribution in [0.25, 0.3) is 0 Å². The van der Waals surface area contributed by atoms with Crippen LogP contribution in [0.2, 0.25) is 0 Å². The number of rotatable bonds is 3. The number of aryl methyl sites for hydroxylation is 1. The fourth-order valence-electron chi connectivity index (χ4n) is 0.725. The number of allylic oxidation sites excluding steroid dienone is 1. The minimum atomic E-state index is 0.712. The molecule has 0 bridgehead atoms. The lowest BCUT2D eigenvalue weighted by molar-refractivity contribution is 0.624. The molecule has 0 radical (unpaired) electrons. The van der Waals surface area contributed by atoms with Crippen molar-refractivity contribution in [1.29, 1.82) is 0 Å². The average Bonchev–Trinajstić information content (AvgIpc) is 2.31. The van der Waals surface area contributed by atoms with E-state index in [2.05, 4.69) is 11.7 Å². The lowest BCUT2D eigenvalue weighted by atomic mass is 10.4. The van der Waals surface area contributed by atoms with Gasteiger partial charge < -0.3 is 5.73 Å². The number of anilines is 1. The van der Waals surface area contributed by atoms with Gasteiger partial charge in [-0.1, -0.05) is 6.08 Å². The number of hydrogen-bond donors (Lipinski definition) is 1.